The molecule has 0 saturated heterocycles. The Morgan fingerprint density at radius 2 is 1.83 bits per heavy atom. The summed E-state index contributed by atoms with van der Waals surface area (Å²) in [7, 11) is 0. The van der Waals surface area contributed by atoms with E-state index in [1.807, 2.05) is 25.1 Å². The molecule has 0 unspecified atom stereocenters. The fourth-order valence-electron chi connectivity index (χ4n) is 1.77. The largest absolute Gasteiger partial charge is 0.454 e. The van der Waals surface area contributed by atoms with Gasteiger partial charge in [-0.25, -0.2) is 0 Å². The predicted molar refractivity (Wildman–Crippen MR) is 67.9 cm³/mol. The average molecular weight is 252 g/mol. The molecule has 1 heterocycles. The van der Waals surface area contributed by atoms with Crippen molar-refractivity contribution in [2.45, 2.75) is 26.4 Å². The second kappa shape index (κ2) is 7.24. The summed E-state index contributed by atoms with van der Waals surface area (Å²) in [5, 5.41) is 0. The van der Waals surface area contributed by atoms with Crippen LogP contribution < -0.4 is 9.47 Å². The fraction of sp³-hybridized carbons (Fsp3) is 0.571. The highest BCUT2D eigenvalue weighted by atomic mass is 16.7. The Bertz CT molecular complexity index is 365. The Hall–Kier alpha value is -1.26. The third-order valence-corrected chi connectivity index (χ3v) is 2.74. The van der Waals surface area contributed by atoms with E-state index < -0.39 is 0 Å². The molecule has 1 aliphatic rings. The van der Waals surface area contributed by atoms with Gasteiger partial charge in [0, 0.05) is 19.8 Å². The van der Waals surface area contributed by atoms with Crippen molar-refractivity contribution in [2.24, 2.45) is 0 Å². The van der Waals surface area contributed by atoms with Gasteiger partial charge in [-0.3, -0.25) is 0 Å². The van der Waals surface area contributed by atoms with E-state index in [0.717, 1.165) is 49.7 Å². The number of hydrogen-bond donors (Lipinski definition) is 0. The molecule has 100 valence electrons. The Morgan fingerprint density at radius 1 is 1.06 bits per heavy atom. The van der Waals surface area contributed by atoms with E-state index in [1.165, 1.54) is 0 Å². The van der Waals surface area contributed by atoms with Crippen molar-refractivity contribution in [3.63, 3.8) is 0 Å². The molecule has 0 N–H and O–H groups in total. The predicted octanol–water partition coefficient (Wildman–Crippen LogP) is 2.75. The molecule has 4 heteroatoms. The molecule has 4 nitrogen and oxygen atoms in total. The summed E-state index contributed by atoms with van der Waals surface area (Å²) in [5.74, 6) is 1.63. The van der Waals surface area contributed by atoms with Gasteiger partial charge in [0.2, 0.25) is 6.79 Å². The summed E-state index contributed by atoms with van der Waals surface area (Å²) >= 11 is 0. The molecule has 0 amide bonds. The van der Waals surface area contributed by atoms with Gasteiger partial charge in [0.05, 0.1) is 6.61 Å². The number of rotatable bonds is 8. The van der Waals surface area contributed by atoms with Gasteiger partial charge in [0.1, 0.15) is 0 Å². The third-order valence-electron chi connectivity index (χ3n) is 2.74. The number of benzene rings is 1. The minimum atomic E-state index is 0.317. The maximum absolute atomic E-state index is 5.61. The van der Waals surface area contributed by atoms with Crippen LogP contribution >= 0.6 is 0 Å². The third kappa shape index (κ3) is 3.89. The number of ether oxygens (including phenoxy) is 4. The molecule has 0 atom stereocenters. The molecule has 1 aliphatic heterocycles. The summed E-state index contributed by atoms with van der Waals surface area (Å²) in [6, 6.07) is 5.91. The van der Waals surface area contributed by atoms with Crippen molar-refractivity contribution in [1.82, 2.24) is 0 Å². The van der Waals surface area contributed by atoms with Crippen molar-refractivity contribution in [3.8, 4) is 11.5 Å². The molecule has 0 aliphatic carbocycles. The lowest BCUT2D eigenvalue weighted by Crippen LogP contribution is -1.99. The normalized spacial score (nSPS) is 12.9. The van der Waals surface area contributed by atoms with E-state index in [4.69, 9.17) is 18.9 Å². The van der Waals surface area contributed by atoms with Crippen LogP contribution in [0.15, 0.2) is 18.2 Å². The van der Waals surface area contributed by atoms with Crippen molar-refractivity contribution in [1.29, 1.82) is 0 Å². The van der Waals surface area contributed by atoms with E-state index in [1.54, 1.807) is 0 Å². The average Bonchev–Trinajstić information content (AvgIpc) is 2.85. The highest BCUT2D eigenvalue weighted by molar-refractivity contribution is 5.44. The minimum Gasteiger partial charge on any atom is -0.454 e. The maximum atomic E-state index is 5.61. The van der Waals surface area contributed by atoms with Crippen molar-refractivity contribution < 1.29 is 18.9 Å². The highest BCUT2D eigenvalue weighted by Crippen LogP contribution is 2.32. The second-order valence-electron chi connectivity index (χ2n) is 4.14. The van der Waals surface area contributed by atoms with E-state index in [2.05, 4.69) is 0 Å². The zero-order valence-corrected chi connectivity index (χ0v) is 10.8. The first-order chi connectivity index (χ1) is 8.90. The lowest BCUT2D eigenvalue weighted by Gasteiger charge is -2.05. The first-order valence-electron chi connectivity index (χ1n) is 6.44. The lowest BCUT2D eigenvalue weighted by molar-refractivity contribution is 0.0993. The van der Waals surface area contributed by atoms with Crippen LogP contribution in [0.1, 0.15) is 25.3 Å². The molecule has 1 aromatic rings. The van der Waals surface area contributed by atoms with E-state index in [0.29, 0.717) is 13.4 Å². The van der Waals surface area contributed by atoms with Gasteiger partial charge in [0.25, 0.3) is 0 Å². The Kier molecular flexibility index (Phi) is 5.30. The summed E-state index contributed by atoms with van der Waals surface area (Å²) in [6.45, 7) is 5.32. The lowest BCUT2D eigenvalue weighted by atomic mass is 10.2. The molecule has 0 fully saturated rings. The quantitative estimate of drug-likeness (QED) is 0.667. The van der Waals surface area contributed by atoms with Crippen LogP contribution in [-0.4, -0.2) is 26.6 Å². The molecule has 18 heavy (non-hydrogen) atoms. The SMILES string of the molecule is CCOCCCCOCc1ccc2c(c1)OCO2. The molecule has 0 saturated carbocycles. The zero-order valence-electron chi connectivity index (χ0n) is 10.8. The Morgan fingerprint density at radius 3 is 2.67 bits per heavy atom. The van der Waals surface area contributed by atoms with Gasteiger partial charge >= 0.3 is 0 Å². The van der Waals surface area contributed by atoms with Gasteiger partial charge in [-0.15, -0.1) is 0 Å². The van der Waals surface area contributed by atoms with Crippen LogP contribution in [-0.2, 0) is 16.1 Å². The van der Waals surface area contributed by atoms with Crippen LogP contribution in [0, 0.1) is 0 Å². The molecular formula is C14H20O4. The van der Waals surface area contributed by atoms with Gasteiger partial charge in [-0.1, -0.05) is 6.07 Å². The second-order valence-corrected chi connectivity index (χ2v) is 4.14. The molecule has 1 aromatic carbocycles. The van der Waals surface area contributed by atoms with Crippen molar-refractivity contribution in [3.05, 3.63) is 23.8 Å². The van der Waals surface area contributed by atoms with Gasteiger partial charge < -0.3 is 18.9 Å². The topological polar surface area (TPSA) is 36.9 Å². The molecule has 0 bridgehead atoms. The standard InChI is InChI=1S/C14H20O4/c1-2-15-7-3-4-8-16-10-12-5-6-13-14(9-12)18-11-17-13/h5-6,9H,2-4,7-8,10-11H2,1H3. The summed E-state index contributed by atoms with van der Waals surface area (Å²) < 4.78 is 21.4. The van der Waals surface area contributed by atoms with Crippen LogP contribution in [0.5, 0.6) is 11.5 Å². The van der Waals surface area contributed by atoms with Crippen LogP contribution in [0.2, 0.25) is 0 Å². The monoisotopic (exact) mass is 252 g/mol. The Balaban J connectivity index is 1.62. The van der Waals surface area contributed by atoms with Gasteiger partial charge in [0.15, 0.2) is 11.5 Å². The molecule has 0 radical (unpaired) electrons. The van der Waals surface area contributed by atoms with Crippen molar-refractivity contribution >= 4 is 0 Å². The fourth-order valence-corrected chi connectivity index (χ4v) is 1.77. The summed E-state index contributed by atoms with van der Waals surface area (Å²) in [5.41, 5.74) is 1.11. The molecule has 2 rings (SSSR count). The van der Waals surface area contributed by atoms with Gasteiger partial charge in [-0.05, 0) is 37.5 Å². The van der Waals surface area contributed by atoms with Crippen LogP contribution in [0.3, 0.4) is 0 Å². The zero-order chi connectivity index (χ0) is 12.6. The summed E-state index contributed by atoms with van der Waals surface area (Å²) in [4.78, 5) is 0. The first-order valence-corrected chi connectivity index (χ1v) is 6.44. The van der Waals surface area contributed by atoms with E-state index in [9.17, 15) is 0 Å². The van der Waals surface area contributed by atoms with Crippen LogP contribution in [0.25, 0.3) is 0 Å². The first kappa shape index (κ1) is 13.2. The molecular weight excluding hydrogens is 232 g/mol. The van der Waals surface area contributed by atoms with E-state index >= 15 is 0 Å². The minimum absolute atomic E-state index is 0.317. The molecule has 0 aromatic heterocycles. The maximum Gasteiger partial charge on any atom is 0.231 e. The van der Waals surface area contributed by atoms with Crippen LogP contribution in [0.4, 0.5) is 0 Å². The number of fused-ring (bicyclic) bond motifs is 1. The Labute approximate surface area is 108 Å². The number of hydrogen-bond acceptors (Lipinski definition) is 4. The summed E-state index contributed by atoms with van der Waals surface area (Å²) in [6.07, 6.45) is 2.08. The molecule has 0 spiro atoms. The smallest absolute Gasteiger partial charge is 0.231 e. The van der Waals surface area contributed by atoms with E-state index in [-0.39, 0.29) is 0 Å². The van der Waals surface area contributed by atoms with Gasteiger partial charge in [-0.2, -0.15) is 0 Å². The number of unbranched alkanes of at least 4 members (excludes halogenated alkanes) is 1. The van der Waals surface area contributed by atoms with Crippen molar-refractivity contribution in [2.75, 3.05) is 26.6 Å². The highest BCUT2D eigenvalue weighted by Gasteiger charge is 2.12.